The van der Waals surface area contributed by atoms with E-state index in [1.165, 1.54) is 0 Å². The van der Waals surface area contributed by atoms with Crippen LogP contribution >= 0.6 is 0 Å². The molecule has 0 saturated carbocycles. The number of nitrogens with two attached hydrogens (primary N) is 1. The molecule has 9 heteroatoms. The van der Waals surface area contributed by atoms with Crippen LogP contribution in [0.4, 0.5) is 5.82 Å². The van der Waals surface area contributed by atoms with E-state index >= 15 is 0 Å². The van der Waals surface area contributed by atoms with Crippen LogP contribution in [0.1, 0.15) is 43.2 Å². The number of likely N-dealkylation sites (tertiary alicyclic amines) is 1. The molecule has 1 saturated heterocycles. The van der Waals surface area contributed by atoms with E-state index in [1.54, 1.807) is 13.4 Å². The molecule has 1 aliphatic heterocycles. The first-order chi connectivity index (χ1) is 14.5. The second-order valence-electron chi connectivity index (χ2n) is 7.88. The van der Waals surface area contributed by atoms with Crippen molar-refractivity contribution in [3.63, 3.8) is 0 Å². The van der Waals surface area contributed by atoms with Crippen molar-refractivity contribution >= 4 is 22.4 Å². The van der Waals surface area contributed by atoms with Gasteiger partial charge in [-0.15, -0.1) is 0 Å². The third-order valence-corrected chi connectivity index (χ3v) is 5.89. The molecule has 0 amide bonds. The maximum absolute atomic E-state index is 13.5. The third-order valence-electron chi connectivity index (χ3n) is 5.89. The SMILES string of the molecule is C[N-]c1[nH]cnc1C(N)=NC(C)c1cc2ccccc2c(=O)n1C1CCN(C)CC1.[K+]. The molecule has 1 fully saturated rings. The molecule has 1 aliphatic rings. The van der Waals surface area contributed by atoms with Gasteiger partial charge in [0.25, 0.3) is 5.56 Å². The van der Waals surface area contributed by atoms with Crippen molar-refractivity contribution in [3.8, 4) is 0 Å². The van der Waals surface area contributed by atoms with E-state index in [0.717, 1.165) is 42.4 Å². The number of pyridine rings is 1. The van der Waals surface area contributed by atoms with E-state index in [2.05, 4.69) is 33.3 Å². The number of piperidine rings is 1. The Morgan fingerprint density at radius 2 is 2.03 bits per heavy atom. The van der Waals surface area contributed by atoms with Gasteiger partial charge in [0.2, 0.25) is 0 Å². The van der Waals surface area contributed by atoms with Crippen LogP contribution in [0.2, 0.25) is 0 Å². The van der Waals surface area contributed by atoms with Gasteiger partial charge in [-0.3, -0.25) is 14.8 Å². The monoisotopic (exact) mass is 445 g/mol. The van der Waals surface area contributed by atoms with Gasteiger partial charge in [-0.05, 0) is 63.2 Å². The molecular weight excluding hydrogens is 417 g/mol. The fourth-order valence-electron chi connectivity index (χ4n) is 4.23. The molecule has 1 unspecified atom stereocenters. The molecule has 0 radical (unpaired) electrons. The minimum atomic E-state index is -0.302. The summed E-state index contributed by atoms with van der Waals surface area (Å²) in [6.07, 6.45) is 3.42. The molecule has 3 heterocycles. The number of H-pyrrole nitrogens is 1. The van der Waals surface area contributed by atoms with Crippen molar-refractivity contribution in [2.75, 3.05) is 27.2 Å². The Labute approximate surface area is 224 Å². The molecule has 4 rings (SSSR count). The number of imidazole rings is 1. The second kappa shape index (κ2) is 10.4. The summed E-state index contributed by atoms with van der Waals surface area (Å²) in [7, 11) is 3.79. The summed E-state index contributed by atoms with van der Waals surface area (Å²) in [5.74, 6) is 0.898. The van der Waals surface area contributed by atoms with Gasteiger partial charge in [0, 0.05) is 23.4 Å². The van der Waals surface area contributed by atoms with E-state index in [1.807, 2.05) is 35.8 Å². The van der Waals surface area contributed by atoms with Crippen LogP contribution in [0.3, 0.4) is 0 Å². The number of nitrogens with one attached hydrogen (secondary N) is 1. The third kappa shape index (κ3) is 4.97. The average molecular weight is 446 g/mol. The number of aliphatic imine (C=N–C) groups is 1. The van der Waals surface area contributed by atoms with Gasteiger partial charge < -0.3 is 25.5 Å². The fourth-order valence-corrected chi connectivity index (χ4v) is 4.23. The summed E-state index contributed by atoms with van der Waals surface area (Å²) in [6.45, 7) is 3.91. The number of rotatable bonds is 5. The summed E-state index contributed by atoms with van der Waals surface area (Å²) < 4.78 is 1.95. The Bertz CT molecular complexity index is 1130. The summed E-state index contributed by atoms with van der Waals surface area (Å²) in [5, 5.41) is 5.81. The van der Waals surface area contributed by atoms with Crippen LogP contribution in [0.25, 0.3) is 16.1 Å². The van der Waals surface area contributed by atoms with Crippen molar-refractivity contribution in [1.82, 2.24) is 19.4 Å². The van der Waals surface area contributed by atoms with Crippen LogP contribution in [0.5, 0.6) is 0 Å². The molecule has 8 nitrogen and oxygen atoms in total. The van der Waals surface area contributed by atoms with Crippen LogP contribution in [-0.4, -0.2) is 52.5 Å². The van der Waals surface area contributed by atoms with E-state index in [9.17, 15) is 4.79 Å². The van der Waals surface area contributed by atoms with Gasteiger partial charge in [-0.1, -0.05) is 25.2 Å². The van der Waals surface area contributed by atoms with Crippen molar-refractivity contribution in [3.05, 3.63) is 63.7 Å². The molecule has 2 aromatic heterocycles. The Hall–Kier alpha value is -1.49. The Kier molecular flexibility index (Phi) is 8.12. The first-order valence-electron chi connectivity index (χ1n) is 10.3. The van der Waals surface area contributed by atoms with Crippen LogP contribution in [0.15, 0.2) is 46.4 Å². The topological polar surface area (TPSA) is 106 Å². The summed E-state index contributed by atoms with van der Waals surface area (Å²) >= 11 is 0. The second-order valence-corrected chi connectivity index (χ2v) is 7.88. The number of nitrogens with zero attached hydrogens (tertiary/aromatic N) is 5. The molecular formula is C22H28KN7O. The molecule has 3 aromatic rings. The normalized spacial score (nSPS) is 16.8. The smallest absolute Gasteiger partial charge is 0.467 e. The van der Waals surface area contributed by atoms with Crippen LogP contribution in [-0.2, 0) is 0 Å². The zero-order chi connectivity index (χ0) is 21.3. The molecule has 158 valence electrons. The van der Waals surface area contributed by atoms with Gasteiger partial charge in [-0.25, -0.2) is 0 Å². The summed E-state index contributed by atoms with van der Waals surface area (Å²) in [5.41, 5.74) is 7.71. The number of fused-ring (bicyclic) bond motifs is 1. The van der Waals surface area contributed by atoms with Gasteiger partial charge in [0.15, 0.2) is 0 Å². The minimum absolute atomic E-state index is 0. The standard InChI is InChI=1S/C22H28N7O.K/c1-14(27-20(23)19-21(24-2)26-13-25-19)18-12-15-6-4-5-7-17(15)22(30)29(18)16-8-10-28(3)11-9-16;/h4-7,12-14,16H,8-11H2,1-3H3,(H3-,23,24,25,26,27);/q-1;+1. The number of amidine groups is 1. The molecule has 1 atom stereocenters. The molecule has 0 bridgehead atoms. The van der Waals surface area contributed by atoms with Crippen molar-refractivity contribution in [2.24, 2.45) is 10.7 Å². The zero-order valence-corrected chi connectivity index (χ0v) is 21.8. The summed E-state index contributed by atoms with van der Waals surface area (Å²) in [6, 6.07) is 9.66. The number of benzene rings is 1. The predicted molar refractivity (Wildman–Crippen MR) is 121 cm³/mol. The van der Waals surface area contributed by atoms with Gasteiger partial charge >= 0.3 is 51.4 Å². The van der Waals surface area contributed by atoms with E-state index in [0.29, 0.717) is 17.3 Å². The molecule has 31 heavy (non-hydrogen) atoms. The molecule has 1 aromatic carbocycles. The van der Waals surface area contributed by atoms with Crippen LogP contribution in [0, 0.1) is 0 Å². The fraction of sp³-hybridized carbons (Fsp3) is 0.409. The Balaban J connectivity index is 0.00000272. The first kappa shape index (κ1) is 24.2. The quantitative estimate of drug-likeness (QED) is 0.330. The van der Waals surface area contributed by atoms with Gasteiger partial charge in [0.1, 0.15) is 11.5 Å². The average Bonchev–Trinajstić information content (AvgIpc) is 3.23. The van der Waals surface area contributed by atoms with Crippen molar-refractivity contribution < 1.29 is 51.4 Å². The minimum Gasteiger partial charge on any atom is -0.467 e. The first-order valence-corrected chi connectivity index (χ1v) is 10.3. The number of aromatic nitrogens is 3. The Morgan fingerprint density at radius 3 is 2.74 bits per heavy atom. The maximum Gasteiger partial charge on any atom is 1.00 e. The Morgan fingerprint density at radius 1 is 1.32 bits per heavy atom. The molecule has 0 spiro atoms. The number of hydrogen-bond donors (Lipinski definition) is 2. The largest absolute Gasteiger partial charge is 1.00 e. The predicted octanol–water partition coefficient (Wildman–Crippen LogP) is 0.0968. The zero-order valence-electron chi connectivity index (χ0n) is 18.7. The maximum atomic E-state index is 13.5. The molecule has 3 N–H and O–H groups in total. The van der Waals surface area contributed by atoms with Crippen molar-refractivity contribution in [2.45, 2.75) is 31.8 Å². The summed E-state index contributed by atoms with van der Waals surface area (Å²) in [4.78, 5) is 27.7. The van der Waals surface area contributed by atoms with Crippen molar-refractivity contribution in [1.29, 1.82) is 0 Å². The van der Waals surface area contributed by atoms with E-state index in [4.69, 9.17) is 10.7 Å². The van der Waals surface area contributed by atoms with Gasteiger partial charge in [0.05, 0.1) is 6.04 Å². The van der Waals surface area contributed by atoms with Crippen LogP contribution < -0.4 is 62.7 Å². The molecule has 0 aliphatic carbocycles. The number of hydrogen-bond acceptors (Lipinski definition) is 4. The van der Waals surface area contributed by atoms with E-state index < -0.39 is 0 Å². The number of aromatic amines is 1. The van der Waals surface area contributed by atoms with E-state index in [-0.39, 0.29) is 69.0 Å². The van der Waals surface area contributed by atoms with Gasteiger partial charge in [-0.2, -0.15) is 0 Å².